The molecule has 0 heterocycles. The van der Waals surface area contributed by atoms with Crippen LogP contribution in [0.2, 0.25) is 0 Å². The van der Waals surface area contributed by atoms with Crippen LogP contribution in [0.3, 0.4) is 0 Å². The lowest BCUT2D eigenvalue weighted by molar-refractivity contribution is -0.0353. The van der Waals surface area contributed by atoms with Gasteiger partial charge in [0.05, 0.1) is 0 Å². The number of hydrogen-bond donors (Lipinski definition) is 0. The zero-order chi connectivity index (χ0) is 21.0. The van der Waals surface area contributed by atoms with Crippen molar-refractivity contribution in [2.75, 3.05) is 0 Å². The van der Waals surface area contributed by atoms with Crippen molar-refractivity contribution in [3.8, 4) is 0 Å². The lowest BCUT2D eigenvalue weighted by Gasteiger charge is -2.59. The van der Waals surface area contributed by atoms with E-state index in [0.29, 0.717) is 14.3 Å². The molecule has 2 heteroatoms. The fourth-order valence-electron chi connectivity index (χ4n) is 8.31. The second kappa shape index (κ2) is 8.52. The lowest BCUT2D eigenvalue weighted by Crippen LogP contribution is -2.54. The van der Waals surface area contributed by atoms with Crippen molar-refractivity contribution >= 4 is 45.2 Å². The van der Waals surface area contributed by atoms with Crippen LogP contribution in [0.5, 0.6) is 0 Å². The van der Waals surface area contributed by atoms with E-state index >= 15 is 0 Å². The van der Waals surface area contributed by atoms with Gasteiger partial charge in [-0.15, -0.1) is 0 Å². The van der Waals surface area contributed by atoms with E-state index in [1.54, 1.807) is 0 Å². The van der Waals surface area contributed by atoms with Crippen molar-refractivity contribution in [3.05, 3.63) is 11.6 Å². The van der Waals surface area contributed by atoms with Crippen molar-refractivity contribution in [3.63, 3.8) is 0 Å². The van der Waals surface area contributed by atoms with Gasteiger partial charge in [0.2, 0.25) is 0 Å². The van der Waals surface area contributed by atoms with Crippen LogP contribution in [-0.2, 0) is 0 Å². The number of rotatable bonds is 5. The first-order valence-corrected chi connectivity index (χ1v) is 15.0. The molecule has 8 atom stereocenters. The quantitative estimate of drug-likeness (QED) is 0.163. The first kappa shape index (κ1) is 23.4. The Hall–Kier alpha value is 1.20. The van der Waals surface area contributed by atoms with E-state index in [4.69, 9.17) is 0 Å². The highest BCUT2D eigenvalue weighted by Gasteiger charge is 2.64. The molecule has 0 spiro atoms. The molecule has 4 aliphatic rings. The first-order chi connectivity index (χ1) is 13.6. The summed E-state index contributed by atoms with van der Waals surface area (Å²) in [6, 6.07) is 0. The summed E-state index contributed by atoms with van der Waals surface area (Å²) >= 11 is 5.85. The van der Waals surface area contributed by atoms with Crippen LogP contribution >= 0.6 is 45.2 Å². The monoisotopic (exact) mass is 622 g/mol. The second-order valence-electron chi connectivity index (χ2n) is 12.3. The van der Waals surface area contributed by atoms with Crippen LogP contribution in [0.25, 0.3) is 0 Å². The smallest absolute Gasteiger partial charge is 0.0396 e. The largest absolute Gasteiger partial charge is 0.0845 e. The third-order valence-corrected chi connectivity index (χ3v) is 15.6. The van der Waals surface area contributed by atoms with Crippen molar-refractivity contribution in [2.24, 2.45) is 40.4 Å². The topological polar surface area (TPSA) is 0 Å². The molecule has 0 aliphatic heterocycles. The highest BCUT2D eigenvalue weighted by atomic mass is 127. The molecule has 0 nitrogen and oxygen atoms in total. The summed E-state index contributed by atoms with van der Waals surface area (Å²) < 4.78 is 1.36. The van der Waals surface area contributed by atoms with Gasteiger partial charge in [0.15, 0.2) is 0 Å². The molecule has 29 heavy (non-hydrogen) atoms. The minimum absolute atomic E-state index is 0.518. The highest BCUT2D eigenvalue weighted by molar-refractivity contribution is 14.1. The fraction of sp³-hybridized carbons (Fsp3) is 0.926. The fourth-order valence-corrected chi connectivity index (χ4v) is 11.1. The van der Waals surface area contributed by atoms with Gasteiger partial charge in [0.25, 0.3) is 0 Å². The molecule has 166 valence electrons. The second-order valence-corrected chi connectivity index (χ2v) is 15.7. The third kappa shape index (κ3) is 3.82. The molecule has 1 unspecified atom stereocenters. The Morgan fingerprint density at radius 2 is 1.76 bits per heavy atom. The van der Waals surface area contributed by atoms with Gasteiger partial charge in [-0.05, 0) is 98.2 Å². The maximum Gasteiger partial charge on any atom is 0.0396 e. The van der Waals surface area contributed by atoms with E-state index in [9.17, 15) is 0 Å². The third-order valence-electron chi connectivity index (χ3n) is 10.2. The van der Waals surface area contributed by atoms with Crippen LogP contribution in [0.1, 0.15) is 105 Å². The molecule has 0 bridgehead atoms. The molecule has 0 N–H and O–H groups in total. The van der Waals surface area contributed by atoms with Crippen molar-refractivity contribution in [1.82, 2.24) is 0 Å². The van der Waals surface area contributed by atoms with Gasteiger partial charge in [-0.25, -0.2) is 0 Å². The van der Waals surface area contributed by atoms with Crippen LogP contribution in [0, 0.1) is 40.4 Å². The number of halogens is 2. The van der Waals surface area contributed by atoms with E-state index < -0.39 is 0 Å². The lowest BCUT2D eigenvalue weighted by atomic mass is 9.47. The molecule has 4 aliphatic carbocycles. The van der Waals surface area contributed by atoms with Gasteiger partial charge in [-0.1, -0.05) is 104 Å². The summed E-state index contributed by atoms with van der Waals surface area (Å²) in [7, 11) is 0. The average molecular weight is 622 g/mol. The minimum atomic E-state index is 0.518. The van der Waals surface area contributed by atoms with Gasteiger partial charge >= 0.3 is 0 Å². The van der Waals surface area contributed by atoms with Gasteiger partial charge in [-0.2, -0.15) is 0 Å². The summed E-state index contributed by atoms with van der Waals surface area (Å²) in [5.74, 6) is 4.67. The minimum Gasteiger partial charge on any atom is -0.0845 e. The molecule has 0 amide bonds. The van der Waals surface area contributed by atoms with Crippen molar-refractivity contribution < 1.29 is 0 Å². The van der Waals surface area contributed by atoms with Gasteiger partial charge < -0.3 is 0 Å². The Kier molecular flexibility index (Phi) is 6.86. The first-order valence-electron chi connectivity index (χ1n) is 12.6. The zero-order valence-corrected chi connectivity index (χ0v) is 23.9. The zero-order valence-electron chi connectivity index (χ0n) is 19.6. The molecule has 0 aromatic carbocycles. The van der Waals surface area contributed by atoms with Crippen LogP contribution in [0.4, 0.5) is 0 Å². The van der Waals surface area contributed by atoms with Gasteiger partial charge in [0, 0.05) is 7.35 Å². The molecular weight excluding hydrogens is 578 g/mol. The molecule has 4 rings (SSSR count). The van der Waals surface area contributed by atoms with Gasteiger partial charge in [-0.3, -0.25) is 0 Å². The number of fused-ring (bicyclic) bond motifs is 5. The maximum absolute atomic E-state index is 2.98. The van der Waals surface area contributed by atoms with E-state index in [0.717, 1.165) is 33.5 Å². The molecule has 0 aromatic heterocycles. The Labute approximate surface area is 208 Å². The van der Waals surface area contributed by atoms with Crippen molar-refractivity contribution in [1.29, 1.82) is 0 Å². The molecule has 3 saturated carbocycles. The Morgan fingerprint density at radius 3 is 2.48 bits per heavy atom. The van der Waals surface area contributed by atoms with Crippen LogP contribution < -0.4 is 0 Å². The maximum atomic E-state index is 2.98. The average Bonchev–Trinajstić information content (AvgIpc) is 2.94. The normalized spacial score (nSPS) is 47.9. The SMILES string of the molecule is CC(C)CCC[C@@H](I)[C@@]1(I)CC[C@H]2C3CC=C4C[C@@H](C)CC[C@]4(C)[C@H]3CC[C@@]21C. The summed E-state index contributed by atoms with van der Waals surface area (Å²) in [6.07, 6.45) is 18.7. The number of alkyl halides is 2. The Morgan fingerprint density at radius 1 is 1.03 bits per heavy atom. The number of allylic oxidation sites excluding steroid dienone is 2. The summed E-state index contributed by atoms with van der Waals surface area (Å²) in [5.41, 5.74) is 2.95. The molecule has 0 saturated heterocycles. The summed E-state index contributed by atoms with van der Waals surface area (Å²) in [6.45, 7) is 12.6. The predicted molar refractivity (Wildman–Crippen MR) is 144 cm³/mol. The van der Waals surface area contributed by atoms with E-state index in [1.165, 1.54) is 70.6 Å². The molecule has 0 radical (unpaired) electrons. The Bertz CT molecular complexity index is 638. The van der Waals surface area contributed by atoms with E-state index in [2.05, 4.69) is 85.9 Å². The number of hydrogen-bond acceptors (Lipinski definition) is 0. The Balaban J connectivity index is 1.54. The van der Waals surface area contributed by atoms with E-state index in [1.807, 2.05) is 5.57 Å². The standard InChI is InChI=1S/C27H44I2/c1-18(2)7-6-8-24(28)27(29)16-13-23-21-10-9-20-17-19(3)11-14-25(20,4)22(21)12-15-26(23,27)5/h9,18-19,21-24H,6-8,10-17H2,1-5H3/t19-,21?,22-,23-,24+,25-,26-,27-/m0/s1. The van der Waals surface area contributed by atoms with Gasteiger partial charge in [0.1, 0.15) is 0 Å². The summed E-state index contributed by atoms with van der Waals surface area (Å²) in [4.78, 5) is 0. The molecular formula is C27H44I2. The summed E-state index contributed by atoms with van der Waals surface area (Å²) in [5, 5.41) is 0. The van der Waals surface area contributed by atoms with Crippen molar-refractivity contribution in [2.45, 2.75) is 113 Å². The van der Waals surface area contributed by atoms with E-state index in [-0.39, 0.29) is 0 Å². The van der Waals surface area contributed by atoms with Crippen LogP contribution in [0.15, 0.2) is 11.6 Å². The molecule has 3 fully saturated rings. The highest BCUT2D eigenvalue weighted by Crippen LogP contribution is 2.70. The molecule has 0 aromatic rings. The predicted octanol–water partition coefficient (Wildman–Crippen LogP) is 9.39. The van der Waals surface area contributed by atoms with Crippen LogP contribution in [-0.4, -0.2) is 7.35 Å².